The molecule has 1 aromatic carbocycles. The molecule has 0 amide bonds. The van der Waals surface area contributed by atoms with Crippen molar-refractivity contribution in [3.05, 3.63) is 29.8 Å². The molecule has 1 rings (SSSR count). The maximum Gasteiger partial charge on any atom is 0.119 e. The van der Waals surface area contributed by atoms with Gasteiger partial charge >= 0.3 is 0 Å². The minimum atomic E-state index is -0.343. The molecule has 0 aliphatic carbocycles. The molecule has 28 heavy (non-hydrogen) atoms. The van der Waals surface area contributed by atoms with Crippen LogP contribution >= 0.6 is 0 Å². The number of ether oxygens (including phenoxy) is 1. The molecule has 0 saturated heterocycles. The highest BCUT2D eigenvalue weighted by molar-refractivity contribution is 5.28. The van der Waals surface area contributed by atoms with Crippen LogP contribution in [0.4, 0.5) is 0 Å². The summed E-state index contributed by atoms with van der Waals surface area (Å²) in [5.41, 5.74) is 0.991. The number of hydrogen-bond donors (Lipinski definition) is 1. The van der Waals surface area contributed by atoms with Gasteiger partial charge in [-0.1, -0.05) is 116 Å². The molecule has 0 heterocycles. The van der Waals surface area contributed by atoms with Gasteiger partial charge in [0.05, 0.1) is 12.7 Å². The third-order valence-corrected chi connectivity index (χ3v) is 5.59. The Morgan fingerprint density at radius 3 is 1.57 bits per heavy atom. The lowest BCUT2D eigenvalue weighted by molar-refractivity contribution is 0.166. The number of benzene rings is 1. The quantitative estimate of drug-likeness (QED) is 0.240. The van der Waals surface area contributed by atoms with Gasteiger partial charge in [0.15, 0.2) is 0 Å². The van der Waals surface area contributed by atoms with Crippen molar-refractivity contribution in [2.24, 2.45) is 0 Å². The summed E-state index contributed by atoms with van der Waals surface area (Å²) in [6.07, 6.45) is 20.8. The fourth-order valence-electron chi connectivity index (χ4n) is 3.71. The summed E-state index contributed by atoms with van der Waals surface area (Å²) in [5, 5.41) is 9.99. The highest BCUT2D eigenvalue weighted by Crippen LogP contribution is 2.21. The number of rotatable bonds is 19. The monoisotopic (exact) mass is 390 g/mol. The number of unbranched alkanes of at least 4 members (excludes halogenated alkanes) is 13. The lowest BCUT2D eigenvalue weighted by Crippen LogP contribution is -1.99. The van der Waals surface area contributed by atoms with E-state index in [-0.39, 0.29) is 6.10 Å². The highest BCUT2D eigenvalue weighted by Gasteiger charge is 2.05. The molecule has 1 unspecified atom stereocenters. The minimum Gasteiger partial charge on any atom is -0.494 e. The lowest BCUT2D eigenvalue weighted by Gasteiger charge is -2.11. The molecular weight excluding hydrogens is 344 g/mol. The highest BCUT2D eigenvalue weighted by atomic mass is 16.5. The molecule has 0 spiro atoms. The maximum atomic E-state index is 9.99. The molecule has 0 fully saturated rings. The van der Waals surface area contributed by atoms with Crippen LogP contribution in [0.3, 0.4) is 0 Å². The molecular formula is C26H46O2. The summed E-state index contributed by atoms with van der Waals surface area (Å²) in [6, 6.07) is 7.94. The van der Waals surface area contributed by atoms with E-state index in [0.717, 1.165) is 37.2 Å². The second-order valence-electron chi connectivity index (χ2n) is 8.32. The van der Waals surface area contributed by atoms with Crippen LogP contribution in [-0.4, -0.2) is 11.7 Å². The molecule has 1 aromatic rings. The molecule has 0 aliphatic heterocycles. The van der Waals surface area contributed by atoms with E-state index in [1.165, 1.54) is 83.5 Å². The van der Waals surface area contributed by atoms with Crippen molar-refractivity contribution in [1.82, 2.24) is 0 Å². The average Bonchev–Trinajstić information content (AvgIpc) is 2.71. The molecule has 0 aliphatic rings. The molecule has 1 N–H and O–H groups in total. The van der Waals surface area contributed by atoms with E-state index < -0.39 is 0 Å². The molecule has 2 heteroatoms. The molecule has 0 aromatic heterocycles. The average molecular weight is 391 g/mol. The van der Waals surface area contributed by atoms with E-state index in [1.807, 2.05) is 24.3 Å². The first-order valence-electron chi connectivity index (χ1n) is 12.2. The Morgan fingerprint density at radius 2 is 1.11 bits per heavy atom. The van der Waals surface area contributed by atoms with Gasteiger partial charge < -0.3 is 9.84 Å². The second-order valence-corrected chi connectivity index (χ2v) is 8.32. The molecule has 0 bridgehead atoms. The molecule has 2 nitrogen and oxygen atoms in total. The van der Waals surface area contributed by atoms with E-state index in [9.17, 15) is 5.11 Å². The Hall–Kier alpha value is -1.02. The second kappa shape index (κ2) is 18.0. The van der Waals surface area contributed by atoms with Crippen LogP contribution in [0.25, 0.3) is 0 Å². The normalized spacial score (nSPS) is 12.2. The summed E-state index contributed by atoms with van der Waals surface area (Å²) < 4.78 is 5.83. The Bertz CT molecular complexity index is 440. The molecule has 1 atom stereocenters. The smallest absolute Gasteiger partial charge is 0.119 e. The fourth-order valence-corrected chi connectivity index (χ4v) is 3.71. The predicted octanol–water partition coefficient (Wildman–Crippen LogP) is 8.38. The van der Waals surface area contributed by atoms with Crippen LogP contribution in [0, 0.1) is 0 Å². The van der Waals surface area contributed by atoms with E-state index in [0.29, 0.717) is 0 Å². The summed E-state index contributed by atoms with van der Waals surface area (Å²) in [7, 11) is 0. The van der Waals surface area contributed by atoms with Crippen molar-refractivity contribution in [2.75, 3.05) is 6.61 Å². The summed E-state index contributed by atoms with van der Waals surface area (Å²) >= 11 is 0. The van der Waals surface area contributed by atoms with Crippen molar-refractivity contribution >= 4 is 0 Å². The van der Waals surface area contributed by atoms with Gasteiger partial charge in [0.2, 0.25) is 0 Å². The van der Waals surface area contributed by atoms with Gasteiger partial charge in [0.1, 0.15) is 5.75 Å². The van der Waals surface area contributed by atoms with Gasteiger partial charge in [0.25, 0.3) is 0 Å². The van der Waals surface area contributed by atoms with E-state index in [2.05, 4.69) is 13.8 Å². The Labute approximate surface area is 175 Å². The number of aliphatic hydroxyl groups is 1. The first kappa shape index (κ1) is 25.0. The zero-order valence-electron chi connectivity index (χ0n) is 18.8. The zero-order chi connectivity index (χ0) is 20.3. The third kappa shape index (κ3) is 13.2. The maximum absolute atomic E-state index is 9.99. The van der Waals surface area contributed by atoms with Crippen LogP contribution in [-0.2, 0) is 0 Å². The Balaban J connectivity index is 1.87. The number of aliphatic hydroxyl groups excluding tert-OH is 1. The third-order valence-electron chi connectivity index (χ3n) is 5.59. The van der Waals surface area contributed by atoms with Crippen molar-refractivity contribution < 1.29 is 9.84 Å². The summed E-state index contributed by atoms with van der Waals surface area (Å²) in [5.74, 6) is 0.919. The number of hydrogen-bond acceptors (Lipinski definition) is 2. The van der Waals surface area contributed by atoms with Gasteiger partial charge in [-0.2, -0.15) is 0 Å². The van der Waals surface area contributed by atoms with Crippen molar-refractivity contribution in [1.29, 1.82) is 0 Å². The van der Waals surface area contributed by atoms with Crippen LogP contribution in [0.1, 0.15) is 128 Å². The van der Waals surface area contributed by atoms with Gasteiger partial charge in [0, 0.05) is 0 Å². The van der Waals surface area contributed by atoms with Crippen molar-refractivity contribution in [3.8, 4) is 5.75 Å². The van der Waals surface area contributed by atoms with E-state index in [1.54, 1.807) is 0 Å². The standard InChI is InChI=1S/C26H46O2/c1-3-5-6-7-8-9-10-11-12-13-14-15-16-17-23-28-25-21-19-24(20-22-25)26(27)18-4-2/h19-22,26-27H,3-18,23H2,1-2H3. The summed E-state index contributed by atoms with van der Waals surface area (Å²) in [4.78, 5) is 0. The molecule has 162 valence electrons. The zero-order valence-corrected chi connectivity index (χ0v) is 18.8. The van der Waals surface area contributed by atoms with Crippen LogP contribution in [0.2, 0.25) is 0 Å². The van der Waals surface area contributed by atoms with Crippen LogP contribution < -0.4 is 4.74 Å². The van der Waals surface area contributed by atoms with Gasteiger partial charge in [-0.3, -0.25) is 0 Å². The van der Waals surface area contributed by atoms with Gasteiger partial charge in [-0.25, -0.2) is 0 Å². The van der Waals surface area contributed by atoms with E-state index in [4.69, 9.17) is 4.74 Å². The summed E-state index contributed by atoms with van der Waals surface area (Å²) in [6.45, 7) is 5.18. The largest absolute Gasteiger partial charge is 0.494 e. The lowest BCUT2D eigenvalue weighted by atomic mass is 10.0. The van der Waals surface area contributed by atoms with Crippen LogP contribution in [0.5, 0.6) is 5.75 Å². The SMILES string of the molecule is CCCCCCCCCCCCCCCCOc1ccc(C(O)CCC)cc1. The minimum absolute atomic E-state index is 0.343. The first-order valence-corrected chi connectivity index (χ1v) is 12.2. The van der Waals surface area contributed by atoms with Crippen molar-refractivity contribution in [3.63, 3.8) is 0 Å². The molecule has 0 radical (unpaired) electrons. The topological polar surface area (TPSA) is 29.5 Å². The predicted molar refractivity (Wildman–Crippen MR) is 122 cm³/mol. The van der Waals surface area contributed by atoms with E-state index >= 15 is 0 Å². The van der Waals surface area contributed by atoms with Crippen LogP contribution in [0.15, 0.2) is 24.3 Å². The first-order chi connectivity index (χ1) is 13.8. The Kier molecular flexibility index (Phi) is 16.1. The van der Waals surface area contributed by atoms with Gasteiger partial charge in [-0.05, 0) is 30.5 Å². The van der Waals surface area contributed by atoms with Gasteiger partial charge in [-0.15, -0.1) is 0 Å². The fraction of sp³-hybridized carbons (Fsp3) is 0.769. The molecule has 0 saturated carbocycles. The van der Waals surface area contributed by atoms with Crippen molar-refractivity contribution in [2.45, 2.75) is 123 Å². The Morgan fingerprint density at radius 1 is 0.643 bits per heavy atom.